The van der Waals surface area contributed by atoms with Gasteiger partial charge in [-0.3, -0.25) is 0 Å². The molecule has 0 aliphatic carbocycles. The summed E-state index contributed by atoms with van der Waals surface area (Å²) < 4.78 is 0. The fourth-order valence-corrected chi connectivity index (χ4v) is 2.70. The predicted octanol–water partition coefficient (Wildman–Crippen LogP) is 2.17. The number of pyridine rings is 1. The van der Waals surface area contributed by atoms with Gasteiger partial charge >= 0.3 is 0 Å². The van der Waals surface area contributed by atoms with Crippen molar-refractivity contribution in [2.24, 2.45) is 5.92 Å². The summed E-state index contributed by atoms with van der Waals surface area (Å²) >= 11 is 1.88. The Kier molecular flexibility index (Phi) is 3.83. The summed E-state index contributed by atoms with van der Waals surface area (Å²) in [6.45, 7) is 2.38. The van der Waals surface area contributed by atoms with Crippen LogP contribution in [-0.4, -0.2) is 23.8 Å². The monoisotopic (exact) mass is 208 g/mol. The molecule has 2 rings (SSSR count). The summed E-state index contributed by atoms with van der Waals surface area (Å²) in [6.07, 6.45) is 4.56. The van der Waals surface area contributed by atoms with E-state index in [2.05, 4.69) is 22.4 Å². The van der Waals surface area contributed by atoms with Crippen molar-refractivity contribution >= 4 is 11.8 Å². The first-order valence-electron chi connectivity index (χ1n) is 5.20. The summed E-state index contributed by atoms with van der Waals surface area (Å²) in [5.74, 6) is 2.03. The highest BCUT2D eigenvalue weighted by Gasteiger charge is 2.12. The fourth-order valence-electron chi connectivity index (χ4n) is 1.70. The molecular weight excluding hydrogens is 192 g/mol. The van der Waals surface area contributed by atoms with Gasteiger partial charge in [0.15, 0.2) is 0 Å². The average molecular weight is 208 g/mol. The van der Waals surface area contributed by atoms with Crippen molar-refractivity contribution in [2.45, 2.75) is 17.9 Å². The number of piperidine rings is 1. The van der Waals surface area contributed by atoms with Crippen molar-refractivity contribution in [1.82, 2.24) is 10.3 Å². The lowest BCUT2D eigenvalue weighted by molar-refractivity contribution is 0.410. The van der Waals surface area contributed by atoms with E-state index in [0.29, 0.717) is 0 Å². The van der Waals surface area contributed by atoms with Crippen LogP contribution in [0.5, 0.6) is 0 Å². The summed E-state index contributed by atoms with van der Waals surface area (Å²) in [7, 11) is 0. The molecular formula is C11H16N2S. The standard InChI is InChI=1S/C11H16N2S/c1-2-7-13-11(5-1)14-9-10-4-3-6-12-8-10/h1-2,5,7,10,12H,3-4,6,8-9H2/t10-/m0/s1. The van der Waals surface area contributed by atoms with Gasteiger partial charge in [0.1, 0.15) is 0 Å². The molecule has 0 unspecified atom stereocenters. The van der Waals surface area contributed by atoms with E-state index in [9.17, 15) is 0 Å². The zero-order valence-electron chi connectivity index (χ0n) is 8.28. The molecule has 1 aromatic rings. The average Bonchev–Trinajstić information content (AvgIpc) is 2.29. The van der Waals surface area contributed by atoms with Crippen LogP contribution in [0.2, 0.25) is 0 Å². The molecule has 1 atom stereocenters. The van der Waals surface area contributed by atoms with E-state index >= 15 is 0 Å². The van der Waals surface area contributed by atoms with Crippen LogP contribution in [0.15, 0.2) is 29.4 Å². The fraction of sp³-hybridized carbons (Fsp3) is 0.545. The van der Waals surface area contributed by atoms with Crippen molar-refractivity contribution in [1.29, 1.82) is 0 Å². The molecule has 0 aromatic carbocycles. The highest BCUT2D eigenvalue weighted by atomic mass is 32.2. The first-order chi connectivity index (χ1) is 6.95. The lowest BCUT2D eigenvalue weighted by atomic mass is 10.0. The van der Waals surface area contributed by atoms with Crippen LogP contribution in [0.1, 0.15) is 12.8 Å². The first kappa shape index (κ1) is 9.99. The zero-order chi connectivity index (χ0) is 9.64. The third-order valence-corrected chi connectivity index (χ3v) is 3.68. The number of hydrogen-bond acceptors (Lipinski definition) is 3. The van der Waals surface area contributed by atoms with E-state index in [1.165, 1.54) is 31.7 Å². The molecule has 3 heteroatoms. The van der Waals surface area contributed by atoms with Gasteiger partial charge < -0.3 is 5.32 Å². The van der Waals surface area contributed by atoms with Crippen LogP contribution in [0.4, 0.5) is 0 Å². The predicted molar refractivity (Wildman–Crippen MR) is 60.6 cm³/mol. The molecule has 2 nitrogen and oxygen atoms in total. The smallest absolute Gasteiger partial charge is 0.0959 e. The Bertz CT molecular complexity index is 257. The molecule has 1 fully saturated rings. The molecule has 1 saturated heterocycles. The molecule has 0 saturated carbocycles. The molecule has 0 spiro atoms. The minimum absolute atomic E-state index is 0.829. The minimum Gasteiger partial charge on any atom is -0.316 e. The highest BCUT2D eigenvalue weighted by molar-refractivity contribution is 7.99. The topological polar surface area (TPSA) is 24.9 Å². The summed E-state index contributed by atoms with van der Waals surface area (Å²) in [5.41, 5.74) is 0. The van der Waals surface area contributed by atoms with Crippen molar-refractivity contribution in [3.05, 3.63) is 24.4 Å². The second kappa shape index (κ2) is 5.37. The first-order valence-corrected chi connectivity index (χ1v) is 6.18. The molecule has 1 aliphatic heterocycles. The van der Waals surface area contributed by atoms with Crippen molar-refractivity contribution in [3.8, 4) is 0 Å². The number of rotatable bonds is 3. The maximum atomic E-state index is 4.31. The van der Waals surface area contributed by atoms with Crippen molar-refractivity contribution in [3.63, 3.8) is 0 Å². The Morgan fingerprint density at radius 2 is 2.50 bits per heavy atom. The number of aromatic nitrogens is 1. The maximum Gasteiger partial charge on any atom is 0.0959 e. The summed E-state index contributed by atoms with van der Waals surface area (Å²) in [4.78, 5) is 4.31. The Labute approximate surface area is 89.5 Å². The van der Waals surface area contributed by atoms with Gasteiger partial charge in [0.2, 0.25) is 0 Å². The van der Waals surface area contributed by atoms with Gasteiger partial charge in [-0.1, -0.05) is 6.07 Å². The van der Waals surface area contributed by atoms with Crippen LogP contribution in [-0.2, 0) is 0 Å². The molecule has 0 radical (unpaired) electrons. The molecule has 1 aliphatic rings. The van der Waals surface area contributed by atoms with E-state index in [4.69, 9.17) is 0 Å². The SMILES string of the molecule is c1ccc(SC[C@H]2CCCNC2)nc1. The largest absolute Gasteiger partial charge is 0.316 e. The number of nitrogens with zero attached hydrogens (tertiary/aromatic N) is 1. The van der Waals surface area contributed by atoms with E-state index in [1.54, 1.807) is 0 Å². The van der Waals surface area contributed by atoms with E-state index < -0.39 is 0 Å². The van der Waals surface area contributed by atoms with E-state index in [1.807, 2.05) is 24.0 Å². The molecule has 0 bridgehead atoms. The Morgan fingerprint density at radius 3 is 3.21 bits per heavy atom. The highest BCUT2D eigenvalue weighted by Crippen LogP contribution is 2.21. The third-order valence-electron chi connectivity index (χ3n) is 2.50. The van der Waals surface area contributed by atoms with Crippen molar-refractivity contribution < 1.29 is 0 Å². The minimum atomic E-state index is 0.829. The Morgan fingerprint density at radius 1 is 1.50 bits per heavy atom. The lowest BCUT2D eigenvalue weighted by Crippen LogP contribution is -2.30. The van der Waals surface area contributed by atoms with Gasteiger partial charge in [0, 0.05) is 11.9 Å². The second-order valence-electron chi connectivity index (χ2n) is 3.69. The van der Waals surface area contributed by atoms with Gasteiger partial charge in [0.25, 0.3) is 0 Å². The normalized spacial score (nSPS) is 22.1. The van der Waals surface area contributed by atoms with Crippen LogP contribution >= 0.6 is 11.8 Å². The lowest BCUT2D eigenvalue weighted by Gasteiger charge is -2.21. The van der Waals surface area contributed by atoms with Gasteiger partial charge in [-0.15, -0.1) is 11.8 Å². The van der Waals surface area contributed by atoms with Crippen LogP contribution in [0.3, 0.4) is 0 Å². The maximum absolute atomic E-state index is 4.31. The quantitative estimate of drug-likeness (QED) is 0.771. The summed E-state index contributed by atoms with van der Waals surface area (Å²) in [5, 5.41) is 4.59. The molecule has 1 aromatic heterocycles. The summed E-state index contributed by atoms with van der Waals surface area (Å²) in [6, 6.07) is 6.10. The Hall–Kier alpha value is -0.540. The molecule has 1 N–H and O–H groups in total. The van der Waals surface area contributed by atoms with Crippen molar-refractivity contribution in [2.75, 3.05) is 18.8 Å². The number of hydrogen-bond donors (Lipinski definition) is 1. The van der Waals surface area contributed by atoms with E-state index in [-0.39, 0.29) is 0 Å². The van der Waals surface area contributed by atoms with Crippen LogP contribution < -0.4 is 5.32 Å². The second-order valence-corrected chi connectivity index (χ2v) is 4.73. The third kappa shape index (κ3) is 3.00. The molecule has 76 valence electrons. The molecule has 2 heterocycles. The number of thioether (sulfide) groups is 1. The Balaban J connectivity index is 1.76. The van der Waals surface area contributed by atoms with E-state index in [0.717, 1.165) is 10.9 Å². The molecule has 14 heavy (non-hydrogen) atoms. The van der Waals surface area contributed by atoms with Crippen LogP contribution in [0.25, 0.3) is 0 Å². The van der Waals surface area contributed by atoms with Gasteiger partial charge in [0.05, 0.1) is 5.03 Å². The van der Waals surface area contributed by atoms with Gasteiger partial charge in [-0.25, -0.2) is 4.98 Å². The van der Waals surface area contributed by atoms with Crippen LogP contribution in [0, 0.1) is 5.92 Å². The van der Waals surface area contributed by atoms with Gasteiger partial charge in [-0.2, -0.15) is 0 Å². The van der Waals surface area contributed by atoms with Gasteiger partial charge in [-0.05, 0) is 44.0 Å². The molecule has 0 amide bonds. The zero-order valence-corrected chi connectivity index (χ0v) is 9.09. The number of nitrogens with one attached hydrogen (secondary N) is 1.